The standard InChI is InChI=1S/C13H18N2O5/c1-8-10(13(17)18-2)5-9(20-8)6-15-12(16)11-7-19-4-3-14-11/h5,11,14H,3-4,6-7H2,1-2H3,(H,15,16). The summed E-state index contributed by atoms with van der Waals surface area (Å²) in [5.41, 5.74) is 0.371. The van der Waals surface area contributed by atoms with Crippen molar-refractivity contribution in [3.05, 3.63) is 23.2 Å². The van der Waals surface area contributed by atoms with Crippen molar-refractivity contribution in [2.75, 3.05) is 26.9 Å². The Bertz CT molecular complexity index is 491. The van der Waals surface area contributed by atoms with E-state index >= 15 is 0 Å². The molecule has 0 radical (unpaired) electrons. The molecule has 2 N–H and O–H groups in total. The molecule has 1 amide bonds. The summed E-state index contributed by atoms with van der Waals surface area (Å²) < 4.78 is 15.3. The Labute approximate surface area is 116 Å². The zero-order valence-electron chi connectivity index (χ0n) is 11.5. The highest BCUT2D eigenvalue weighted by molar-refractivity contribution is 5.90. The molecule has 0 bridgehead atoms. The molecule has 20 heavy (non-hydrogen) atoms. The average molecular weight is 282 g/mol. The second-order valence-electron chi connectivity index (χ2n) is 4.47. The van der Waals surface area contributed by atoms with E-state index in [0.29, 0.717) is 36.8 Å². The van der Waals surface area contributed by atoms with Gasteiger partial charge in [-0.05, 0) is 13.0 Å². The highest BCUT2D eigenvalue weighted by Gasteiger charge is 2.21. The maximum atomic E-state index is 11.9. The maximum Gasteiger partial charge on any atom is 0.341 e. The minimum Gasteiger partial charge on any atom is -0.465 e. The van der Waals surface area contributed by atoms with Gasteiger partial charge in [0.05, 0.1) is 26.9 Å². The monoisotopic (exact) mass is 282 g/mol. The van der Waals surface area contributed by atoms with Crippen LogP contribution in [0.4, 0.5) is 0 Å². The Morgan fingerprint density at radius 1 is 1.55 bits per heavy atom. The molecule has 0 aromatic carbocycles. The van der Waals surface area contributed by atoms with Gasteiger partial charge in [0, 0.05) is 6.54 Å². The third kappa shape index (κ3) is 3.37. The molecule has 1 atom stereocenters. The summed E-state index contributed by atoms with van der Waals surface area (Å²) in [6.07, 6.45) is 0. The average Bonchev–Trinajstić information content (AvgIpc) is 2.86. The van der Waals surface area contributed by atoms with Gasteiger partial charge in [-0.15, -0.1) is 0 Å². The second kappa shape index (κ2) is 6.53. The van der Waals surface area contributed by atoms with Crippen LogP contribution in [0.3, 0.4) is 0 Å². The number of ether oxygens (including phenoxy) is 2. The topological polar surface area (TPSA) is 89.8 Å². The van der Waals surface area contributed by atoms with Gasteiger partial charge in [0.2, 0.25) is 5.91 Å². The van der Waals surface area contributed by atoms with Gasteiger partial charge in [-0.3, -0.25) is 4.79 Å². The molecule has 0 saturated carbocycles. The van der Waals surface area contributed by atoms with Crippen LogP contribution in [0.2, 0.25) is 0 Å². The lowest BCUT2D eigenvalue weighted by atomic mass is 10.2. The second-order valence-corrected chi connectivity index (χ2v) is 4.47. The zero-order chi connectivity index (χ0) is 14.5. The van der Waals surface area contributed by atoms with Gasteiger partial charge in [0.25, 0.3) is 0 Å². The van der Waals surface area contributed by atoms with E-state index in [1.165, 1.54) is 7.11 Å². The van der Waals surface area contributed by atoms with Crippen molar-refractivity contribution in [3.63, 3.8) is 0 Å². The third-order valence-electron chi connectivity index (χ3n) is 3.05. The van der Waals surface area contributed by atoms with Crippen molar-refractivity contribution < 1.29 is 23.5 Å². The molecule has 0 spiro atoms. The number of carbonyl (C=O) groups is 2. The predicted molar refractivity (Wildman–Crippen MR) is 69.2 cm³/mol. The van der Waals surface area contributed by atoms with Crippen LogP contribution >= 0.6 is 0 Å². The fourth-order valence-electron chi connectivity index (χ4n) is 1.97. The first-order valence-corrected chi connectivity index (χ1v) is 6.38. The van der Waals surface area contributed by atoms with Crippen molar-refractivity contribution in [2.45, 2.75) is 19.5 Å². The lowest BCUT2D eigenvalue weighted by Gasteiger charge is -2.22. The SMILES string of the molecule is COC(=O)c1cc(CNC(=O)C2COCCN2)oc1C. The van der Waals surface area contributed by atoms with Crippen LogP contribution in [0, 0.1) is 6.92 Å². The van der Waals surface area contributed by atoms with E-state index < -0.39 is 5.97 Å². The van der Waals surface area contributed by atoms with Gasteiger partial charge >= 0.3 is 5.97 Å². The first kappa shape index (κ1) is 14.5. The first-order valence-electron chi connectivity index (χ1n) is 6.38. The largest absolute Gasteiger partial charge is 0.465 e. The fourth-order valence-corrected chi connectivity index (χ4v) is 1.97. The maximum absolute atomic E-state index is 11.9. The first-order chi connectivity index (χ1) is 9.61. The van der Waals surface area contributed by atoms with Gasteiger partial charge in [-0.25, -0.2) is 4.79 Å². The Morgan fingerprint density at radius 3 is 3.00 bits per heavy atom. The predicted octanol–water partition coefficient (Wildman–Crippen LogP) is -0.0208. The number of hydrogen-bond donors (Lipinski definition) is 2. The van der Waals surface area contributed by atoms with E-state index in [0.717, 1.165) is 0 Å². The summed E-state index contributed by atoms with van der Waals surface area (Å²) in [7, 11) is 1.31. The van der Waals surface area contributed by atoms with Gasteiger partial charge in [0.15, 0.2) is 0 Å². The molecule has 1 aromatic heterocycles. The fraction of sp³-hybridized carbons (Fsp3) is 0.538. The van der Waals surface area contributed by atoms with E-state index in [9.17, 15) is 9.59 Å². The Hall–Kier alpha value is -1.86. The van der Waals surface area contributed by atoms with E-state index in [1.807, 2.05) is 0 Å². The van der Waals surface area contributed by atoms with E-state index in [4.69, 9.17) is 9.15 Å². The molecule has 1 aromatic rings. The molecule has 7 nitrogen and oxygen atoms in total. The molecule has 1 saturated heterocycles. The smallest absolute Gasteiger partial charge is 0.341 e. The molecule has 1 aliphatic heterocycles. The summed E-state index contributed by atoms with van der Waals surface area (Å²) >= 11 is 0. The number of hydrogen-bond acceptors (Lipinski definition) is 6. The number of amides is 1. The number of esters is 1. The van der Waals surface area contributed by atoms with Crippen LogP contribution < -0.4 is 10.6 Å². The molecule has 0 aliphatic carbocycles. The molecule has 1 aliphatic rings. The van der Waals surface area contributed by atoms with Crippen molar-refractivity contribution in [1.82, 2.24) is 10.6 Å². The van der Waals surface area contributed by atoms with Crippen LogP contribution in [-0.2, 0) is 20.8 Å². The molecule has 2 rings (SSSR count). The lowest BCUT2D eigenvalue weighted by Crippen LogP contribution is -2.51. The van der Waals surface area contributed by atoms with Crippen LogP contribution in [0.15, 0.2) is 10.5 Å². The Kier molecular flexibility index (Phi) is 4.75. The van der Waals surface area contributed by atoms with Crippen LogP contribution in [0.1, 0.15) is 21.9 Å². The van der Waals surface area contributed by atoms with Gasteiger partial charge < -0.3 is 24.5 Å². The molecule has 1 fully saturated rings. The summed E-state index contributed by atoms with van der Waals surface area (Å²) in [5, 5.41) is 5.80. The van der Waals surface area contributed by atoms with Crippen molar-refractivity contribution >= 4 is 11.9 Å². The zero-order valence-corrected chi connectivity index (χ0v) is 11.5. The van der Waals surface area contributed by atoms with Crippen LogP contribution in [0.25, 0.3) is 0 Å². The molecular formula is C13H18N2O5. The molecule has 7 heteroatoms. The molecule has 2 heterocycles. The summed E-state index contributed by atoms with van der Waals surface area (Å²) in [5.74, 6) is 0.373. The van der Waals surface area contributed by atoms with Gasteiger partial charge in [-0.2, -0.15) is 0 Å². The van der Waals surface area contributed by atoms with Crippen LogP contribution in [0.5, 0.6) is 0 Å². The molecule has 110 valence electrons. The van der Waals surface area contributed by atoms with Crippen LogP contribution in [-0.4, -0.2) is 44.8 Å². The van der Waals surface area contributed by atoms with Crippen molar-refractivity contribution in [3.8, 4) is 0 Å². The number of carbonyl (C=O) groups excluding carboxylic acids is 2. The number of methoxy groups -OCH3 is 1. The number of nitrogens with one attached hydrogen (secondary N) is 2. The van der Waals surface area contributed by atoms with E-state index in [2.05, 4.69) is 15.4 Å². The number of morpholine rings is 1. The Balaban J connectivity index is 1.90. The van der Waals surface area contributed by atoms with E-state index in [-0.39, 0.29) is 18.5 Å². The van der Waals surface area contributed by atoms with E-state index in [1.54, 1.807) is 13.0 Å². The number of aryl methyl sites for hydroxylation is 1. The highest BCUT2D eigenvalue weighted by Crippen LogP contribution is 2.15. The summed E-state index contributed by atoms with van der Waals surface area (Å²) in [6, 6.07) is 1.23. The quantitative estimate of drug-likeness (QED) is 0.754. The lowest BCUT2D eigenvalue weighted by molar-refractivity contribution is -0.126. The minimum absolute atomic E-state index is 0.154. The molecular weight excluding hydrogens is 264 g/mol. The number of rotatable bonds is 4. The summed E-state index contributed by atoms with van der Waals surface area (Å²) in [4.78, 5) is 23.3. The minimum atomic E-state index is -0.453. The Morgan fingerprint density at radius 2 is 2.35 bits per heavy atom. The summed E-state index contributed by atoms with van der Waals surface area (Å²) in [6.45, 7) is 3.52. The highest BCUT2D eigenvalue weighted by atomic mass is 16.5. The number of furan rings is 1. The molecule has 1 unspecified atom stereocenters. The normalized spacial score (nSPS) is 18.6. The van der Waals surface area contributed by atoms with Crippen molar-refractivity contribution in [2.24, 2.45) is 0 Å². The van der Waals surface area contributed by atoms with Crippen molar-refractivity contribution in [1.29, 1.82) is 0 Å². The van der Waals surface area contributed by atoms with Gasteiger partial charge in [0.1, 0.15) is 23.1 Å². The van der Waals surface area contributed by atoms with Gasteiger partial charge in [-0.1, -0.05) is 0 Å². The third-order valence-corrected chi connectivity index (χ3v) is 3.05.